The second-order valence-electron chi connectivity index (χ2n) is 8.55. The summed E-state index contributed by atoms with van der Waals surface area (Å²) in [5, 5.41) is 2.11. The molecule has 2 heterocycles. The maximum atomic E-state index is 6.76. The standard InChI is InChI=1S/C26H26N2O2/c1-6-17(2)29-19-13-11-18-12-14-23-24(20(18)15-19)27-16-26(30-23)25(3,4)21-9-7-8-10-22(21)28(26)5/h7-16H,2,6H2,1,3-5H3. The van der Waals surface area contributed by atoms with Crippen molar-refractivity contribution >= 4 is 28.4 Å². The molecule has 4 nitrogen and oxygen atoms in total. The third-order valence-electron chi connectivity index (χ3n) is 6.55. The molecule has 0 radical (unpaired) electrons. The fourth-order valence-electron chi connectivity index (χ4n) is 4.66. The smallest absolute Gasteiger partial charge is 0.228 e. The minimum Gasteiger partial charge on any atom is -0.462 e. The van der Waals surface area contributed by atoms with Crippen molar-refractivity contribution in [2.75, 3.05) is 11.9 Å². The summed E-state index contributed by atoms with van der Waals surface area (Å²) >= 11 is 0. The summed E-state index contributed by atoms with van der Waals surface area (Å²) in [4.78, 5) is 7.15. The van der Waals surface area contributed by atoms with Gasteiger partial charge in [0.05, 0.1) is 17.4 Å². The number of fused-ring (bicyclic) bond motifs is 4. The lowest BCUT2D eigenvalue weighted by molar-refractivity contribution is 0.0826. The van der Waals surface area contributed by atoms with Gasteiger partial charge in [-0.15, -0.1) is 0 Å². The summed E-state index contributed by atoms with van der Waals surface area (Å²) < 4.78 is 12.6. The zero-order valence-electron chi connectivity index (χ0n) is 17.9. The molecule has 1 unspecified atom stereocenters. The highest BCUT2D eigenvalue weighted by atomic mass is 16.5. The molecule has 3 aromatic rings. The van der Waals surface area contributed by atoms with E-state index in [0.29, 0.717) is 0 Å². The molecule has 152 valence electrons. The fraction of sp³-hybridized carbons (Fsp3) is 0.269. The third-order valence-corrected chi connectivity index (χ3v) is 6.55. The topological polar surface area (TPSA) is 34.1 Å². The Bertz CT molecular complexity index is 1210. The molecule has 30 heavy (non-hydrogen) atoms. The van der Waals surface area contributed by atoms with Gasteiger partial charge in [0.25, 0.3) is 0 Å². The van der Waals surface area contributed by atoms with Crippen molar-refractivity contribution in [1.29, 1.82) is 0 Å². The Morgan fingerprint density at radius 2 is 1.90 bits per heavy atom. The predicted octanol–water partition coefficient (Wildman–Crippen LogP) is 6.36. The summed E-state index contributed by atoms with van der Waals surface area (Å²) in [6.07, 6.45) is 2.74. The second kappa shape index (κ2) is 6.36. The maximum Gasteiger partial charge on any atom is 0.228 e. The van der Waals surface area contributed by atoms with E-state index in [1.165, 1.54) is 11.3 Å². The number of para-hydroxylation sites is 1. The SMILES string of the molecule is C=C(CC)Oc1ccc2ccc3c(c2c1)N=CC1(O3)N(C)c2ccccc2C1(C)C. The zero-order chi connectivity index (χ0) is 21.1. The van der Waals surface area contributed by atoms with Crippen LogP contribution in [-0.4, -0.2) is 19.0 Å². The summed E-state index contributed by atoms with van der Waals surface area (Å²) in [6, 6.07) is 18.6. The first-order valence-corrected chi connectivity index (χ1v) is 10.4. The predicted molar refractivity (Wildman–Crippen MR) is 123 cm³/mol. The number of anilines is 1. The Balaban J connectivity index is 1.62. The second-order valence-corrected chi connectivity index (χ2v) is 8.55. The van der Waals surface area contributed by atoms with Gasteiger partial charge in [-0.25, -0.2) is 0 Å². The lowest BCUT2D eigenvalue weighted by Crippen LogP contribution is -2.61. The van der Waals surface area contributed by atoms with Crippen molar-refractivity contribution in [2.45, 2.75) is 38.3 Å². The van der Waals surface area contributed by atoms with Crippen LogP contribution in [0.1, 0.15) is 32.8 Å². The van der Waals surface area contributed by atoms with Gasteiger partial charge in [0.2, 0.25) is 5.72 Å². The van der Waals surface area contributed by atoms with E-state index in [4.69, 9.17) is 14.5 Å². The van der Waals surface area contributed by atoms with E-state index in [0.717, 1.165) is 40.1 Å². The highest BCUT2D eigenvalue weighted by molar-refractivity contribution is 6.00. The van der Waals surface area contributed by atoms with Gasteiger partial charge in [-0.05, 0) is 49.1 Å². The van der Waals surface area contributed by atoms with E-state index in [1.54, 1.807) is 0 Å². The van der Waals surface area contributed by atoms with Gasteiger partial charge in [0.1, 0.15) is 17.2 Å². The third kappa shape index (κ3) is 2.43. The van der Waals surface area contributed by atoms with Gasteiger partial charge >= 0.3 is 0 Å². The average molecular weight is 399 g/mol. The molecule has 1 spiro atoms. The van der Waals surface area contributed by atoms with Crippen LogP contribution in [0.3, 0.4) is 0 Å². The number of likely N-dealkylation sites (N-methyl/N-ethyl adjacent to an activating group) is 1. The summed E-state index contributed by atoms with van der Waals surface area (Å²) in [6.45, 7) is 10.4. The molecule has 0 amide bonds. The van der Waals surface area contributed by atoms with Crippen molar-refractivity contribution in [3.63, 3.8) is 0 Å². The molecule has 2 aliphatic heterocycles. The van der Waals surface area contributed by atoms with Crippen LogP contribution in [0.4, 0.5) is 11.4 Å². The molecule has 0 fully saturated rings. The first-order valence-electron chi connectivity index (χ1n) is 10.4. The van der Waals surface area contributed by atoms with Crippen LogP contribution < -0.4 is 14.4 Å². The monoisotopic (exact) mass is 398 g/mol. The van der Waals surface area contributed by atoms with Crippen LogP contribution >= 0.6 is 0 Å². The molecular formula is C26H26N2O2. The molecule has 0 aliphatic carbocycles. The number of hydrogen-bond donors (Lipinski definition) is 0. The quantitative estimate of drug-likeness (QED) is 0.481. The zero-order valence-corrected chi connectivity index (χ0v) is 17.9. The summed E-state index contributed by atoms with van der Waals surface area (Å²) in [5.41, 5.74) is 2.33. The normalized spacial score (nSPS) is 20.7. The number of nitrogens with zero attached hydrogens (tertiary/aromatic N) is 2. The fourth-order valence-corrected chi connectivity index (χ4v) is 4.66. The Labute approximate surface area is 177 Å². The van der Waals surface area contributed by atoms with Gasteiger partial charge < -0.3 is 14.4 Å². The van der Waals surface area contributed by atoms with Crippen LogP contribution in [0.25, 0.3) is 10.8 Å². The minimum absolute atomic E-state index is 0.266. The van der Waals surface area contributed by atoms with Crippen molar-refractivity contribution in [3.05, 3.63) is 72.5 Å². The number of allylic oxidation sites excluding steroid dienone is 1. The van der Waals surface area contributed by atoms with Crippen molar-refractivity contribution in [3.8, 4) is 11.5 Å². The number of benzene rings is 3. The Kier molecular flexibility index (Phi) is 3.97. The molecule has 5 rings (SSSR count). The molecule has 0 bridgehead atoms. The Hall–Kier alpha value is -3.27. The molecule has 4 heteroatoms. The molecule has 0 aromatic heterocycles. The molecule has 3 aromatic carbocycles. The summed E-state index contributed by atoms with van der Waals surface area (Å²) in [7, 11) is 2.08. The number of ether oxygens (including phenoxy) is 2. The average Bonchev–Trinajstić information content (AvgIpc) is 2.92. The van der Waals surface area contributed by atoms with Crippen LogP contribution in [0, 0.1) is 0 Å². The first kappa shape index (κ1) is 18.7. The van der Waals surface area contributed by atoms with Gasteiger partial charge in [0.15, 0.2) is 0 Å². The largest absolute Gasteiger partial charge is 0.462 e. The Morgan fingerprint density at radius 1 is 1.13 bits per heavy atom. The highest BCUT2D eigenvalue weighted by Crippen LogP contribution is 2.54. The van der Waals surface area contributed by atoms with Crippen LogP contribution in [0.5, 0.6) is 11.5 Å². The lowest BCUT2D eigenvalue weighted by atomic mass is 9.77. The van der Waals surface area contributed by atoms with E-state index in [1.807, 2.05) is 31.3 Å². The lowest BCUT2D eigenvalue weighted by Gasteiger charge is -2.45. The molecule has 2 aliphatic rings. The van der Waals surface area contributed by atoms with E-state index < -0.39 is 5.72 Å². The van der Waals surface area contributed by atoms with E-state index in [-0.39, 0.29) is 5.41 Å². The van der Waals surface area contributed by atoms with Crippen molar-refractivity contribution in [1.82, 2.24) is 0 Å². The highest BCUT2D eigenvalue weighted by Gasteiger charge is 2.58. The molecule has 0 saturated carbocycles. The number of rotatable bonds is 3. The summed E-state index contributed by atoms with van der Waals surface area (Å²) in [5.74, 6) is 2.29. The molecular weight excluding hydrogens is 372 g/mol. The maximum absolute atomic E-state index is 6.76. The number of aliphatic imine (C=N–C) groups is 1. The molecule has 0 N–H and O–H groups in total. The van der Waals surface area contributed by atoms with Crippen LogP contribution in [0.15, 0.2) is 71.9 Å². The minimum atomic E-state index is -0.679. The van der Waals surface area contributed by atoms with Crippen LogP contribution in [-0.2, 0) is 5.41 Å². The molecule has 1 atom stereocenters. The van der Waals surface area contributed by atoms with Gasteiger partial charge in [-0.2, -0.15) is 0 Å². The van der Waals surface area contributed by atoms with Crippen molar-refractivity contribution < 1.29 is 9.47 Å². The van der Waals surface area contributed by atoms with Gasteiger partial charge in [0, 0.05) is 24.5 Å². The van der Waals surface area contributed by atoms with E-state index in [2.05, 4.69) is 68.8 Å². The number of hydrogen-bond acceptors (Lipinski definition) is 4. The van der Waals surface area contributed by atoms with E-state index >= 15 is 0 Å². The van der Waals surface area contributed by atoms with Crippen molar-refractivity contribution in [2.24, 2.45) is 4.99 Å². The molecule has 0 saturated heterocycles. The van der Waals surface area contributed by atoms with Gasteiger partial charge in [-0.1, -0.05) is 43.8 Å². The van der Waals surface area contributed by atoms with Gasteiger partial charge in [-0.3, -0.25) is 4.99 Å². The first-order chi connectivity index (χ1) is 14.4. The van der Waals surface area contributed by atoms with Crippen LogP contribution in [0.2, 0.25) is 0 Å². The Morgan fingerprint density at radius 3 is 2.67 bits per heavy atom. The van der Waals surface area contributed by atoms with E-state index in [9.17, 15) is 0 Å².